The minimum absolute atomic E-state index is 0.102. The van der Waals surface area contributed by atoms with Gasteiger partial charge < -0.3 is 15.3 Å². The Kier molecular flexibility index (Phi) is 5.04. The second-order valence-electron chi connectivity index (χ2n) is 6.84. The number of benzene rings is 1. The first-order valence-electron chi connectivity index (χ1n) is 8.38. The third-order valence-corrected chi connectivity index (χ3v) is 5.95. The van der Waals surface area contributed by atoms with Crippen LogP contribution in [0.5, 0.6) is 0 Å². The van der Waals surface area contributed by atoms with Crippen molar-refractivity contribution in [3.63, 3.8) is 0 Å². The van der Waals surface area contributed by atoms with Gasteiger partial charge in [0, 0.05) is 25.4 Å². The van der Waals surface area contributed by atoms with E-state index in [4.69, 9.17) is 0 Å². The Morgan fingerprint density at radius 2 is 2.21 bits per heavy atom. The van der Waals surface area contributed by atoms with E-state index in [1.54, 1.807) is 16.7 Å². The third-order valence-electron chi connectivity index (χ3n) is 5.33. The highest BCUT2D eigenvalue weighted by Gasteiger charge is 2.55. The van der Waals surface area contributed by atoms with Gasteiger partial charge in [0.15, 0.2) is 0 Å². The summed E-state index contributed by atoms with van der Waals surface area (Å²) in [4.78, 5) is 25.8. The molecule has 0 aromatic heterocycles. The van der Waals surface area contributed by atoms with E-state index < -0.39 is 11.4 Å². The Hall–Kier alpha value is -1.69. The van der Waals surface area contributed by atoms with Crippen LogP contribution in [0.3, 0.4) is 0 Å². The van der Waals surface area contributed by atoms with Gasteiger partial charge in [-0.25, -0.2) is 4.79 Å². The Morgan fingerprint density at radius 3 is 2.92 bits per heavy atom. The summed E-state index contributed by atoms with van der Waals surface area (Å²) in [6.07, 6.45) is 4.62. The van der Waals surface area contributed by atoms with Gasteiger partial charge in [-0.05, 0) is 36.1 Å². The molecule has 1 aromatic rings. The monoisotopic (exact) mass is 348 g/mol. The molecule has 2 aliphatic rings. The molecule has 1 saturated heterocycles. The van der Waals surface area contributed by atoms with E-state index in [1.807, 2.05) is 12.1 Å². The number of nitrogens with one attached hydrogen (secondary N) is 1. The number of hydrogen-bond acceptors (Lipinski definition) is 3. The largest absolute Gasteiger partial charge is 0.481 e. The van der Waals surface area contributed by atoms with Gasteiger partial charge in [-0.3, -0.25) is 4.79 Å². The van der Waals surface area contributed by atoms with Gasteiger partial charge >= 0.3 is 12.0 Å². The van der Waals surface area contributed by atoms with Crippen LogP contribution in [0.25, 0.3) is 0 Å². The SMILES string of the molecule is CSCc1cccc(CNC(=O)N2C[C@@H]3CCC[C@@]3(C(=O)O)C2)c1. The van der Waals surface area contributed by atoms with Crippen LogP contribution < -0.4 is 5.32 Å². The van der Waals surface area contributed by atoms with Gasteiger partial charge in [-0.2, -0.15) is 11.8 Å². The number of fused-ring (bicyclic) bond motifs is 1. The molecule has 1 heterocycles. The van der Waals surface area contributed by atoms with E-state index in [0.717, 1.165) is 24.2 Å². The molecule has 130 valence electrons. The number of thioether (sulfide) groups is 1. The smallest absolute Gasteiger partial charge is 0.317 e. The van der Waals surface area contributed by atoms with Gasteiger partial charge in [-0.15, -0.1) is 0 Å². The number of carbonyl (C=O) groups excluding carboxylic acids is 1. The highest BCUT2D eigenvalue weighted by molar-refractivity contribution is 7.97. The number of rotatable bonds is 5. The van der Waals surface area contributed by atoms with Crippen molar-refractivity contribution >= 4 is 23.8 Å². The second kappa shape index (κ2) is 7.05. The molecule has 1 aromatic carbocycles. The number of aliphatic carboxylic acids is 1. The van der Waals surface area contributed by atoms with E-state index >= 15 is 0 Å². The minimum atomic E-state index is -0.745. The predicted octanol–water partition coefficient (Wildman–Crippen LogP) is 2.95. The normalized spacial score (nSPS) is 25.5. The first-order valence-corrected chi connectivity index (χ1v) is 9.77. The highest BCUT2D eigenvalue weighted by Crippen LogP contribution is 2.48. The summed E-state index contributed by atoms with van der Waals surface area (Å²) in [5.74, 6) is 0.312. The third kappa shape index (κ3) is 3.24. The fraction of sp³-hybridized carbons (Fsp3) is 0.556. The molecule has 2 fully saturated rings. The van der Waals surface area contributed by atoms with Crippen LogP contribution >= 0.6 is 11.8 Å². The van der Waals surface area contributed by atoms with Gasteiger partial charge in [0.25, 0.3) is 0 Å². The average Bonchev–Trinajstić information content (AvgIpc) is 3.11. The Balaban J connectivity index is 1.58. The van der Waals surface area contributed by atoms with E-state index in [2.05, 4.69) is 23.7 Å². The molecule has 3 rings (SSSR count). The molecule has 2 N–H and O–H groups in total. The van der Waals surface area contributed by atoms with Crippen molar-refractivity contribution in [3.05, 3.63) is 35.4 Å². The zero-order valence-corrected chi connectivity index (χ0v) is 14.8. The zero-order valence-electron chi connectivity index (χ0n) is 14.0. The standard InChI is InChI=1S/C18H24N2O3S/c1-24-11-14-5-2-4-13(8-14)9-19-17(23)20-10-15-6-3-7-18(15,12-20)16(21)22/h2,4-5,8,15H,3,6-7,9-12H2,1H3,(H,19,23)(H,21,22)/t15-,18+/m0/s1. The maximum atomic E-state index is 12.4. The van der Waals surface area contributed by atoms with Crippen LogP contribution in [0.15, 0.2) is 24.3 Å². The Morgan fingerprint density at radius 1 is 1.42 bits per heavy atom. The minimum Gasteiger partial charge on any atom is -0.481 e. The van der Waals surface area contributed by atoms with E-state index in [-0.39, 0.29) is 11.9 Å². The van der Waals surface area contributed by atoms with Crippen LogP contribution in [-0.4, -0.2) is 41.4 Å². The maximum absolute atomic E-state index is 12.4. The highest BCUT2D eigenvalue weighted by atomic mass is 32.2. The van der Waals surface area contributed by atoms with Gasteiger partial charge in [0.05, 0.1) is 5.41 Å². The van der Waals surface area contributed by atoms with Crippen LogP contribution in [0, 0.1) is 11.3 Å². The number of carboxylic acids is 1. The fourth-order valence-electron chi connectivity index (χ4n) is 4.08. The molecule has 0 bridgehead atoms. The summed E-state index contributed by atoms with van der Waals surface area (Å²) >= 11 is 1.77. The molecule has 1 aliphatic carbocycles. The summed E-state index contributed by atoms with van der Waals surface area (Å²) in [7, 11) is 0. The predicted molar refractivity (Wildman–Crippen MR) is 94.9 cm³/mol. The number of nitrogens with zero attached hydrogens (tertiary/aromatic N) is 1. The molecule has 0 radical (unpaired) electrons. The molecule has 1 aliphatic heterocycles. The molecule has 2 amide bonds. The number of urea groups is 1. The van der Waals surface area contributed by atoms with E-state index in [9.17, 15) is 14.7 Å². The van der Waals surface area contributed by atoms with Crippen LogP contribution in [0.4, 0.5) is 4.79 Å². The lowest BCUT2D eigenvalue weighted by Crippen LogP contribution is -2.41. The summed E-state index contributed by atoms with van der Waals surface area (Å²) in [6, 6.07) is 8.04. The summed E-state index contributed by atoms with van der Waals surface area (Å²) < 4.78 is 0. The van der Waals surface area contributed by atoms with E-state index in [0.29, 0.717) is 26.1 Å². The molecule has 0 spiro atoms. The number of carbonyl (C=O) groups is 2. The lowest BCUT2D eigenvalue weighted by Gasteiger charge is -2.23. The Labute approximate surface area is 146 Å². The van der Waals surface area contributed by atoms with Crippen molar-refractivity contribution in [2.75, 3.05) is 19.3 Å². The summed E-state index contributed by atoms with van der Waals surface area (Å²) in [5, 5.41) is 12.5. The molecule has 6 heteroatoms. The summed E-state index contributed by atoms with van der Waals surface area (Å²) in [6.45, 7) is 1.37. The average molecular weight is 348 g/mol. The van der Waals surface area contributed by atoms with Crippen molar-refractivity contribution in [2.24, 2.45) is 11.3 Å². The molecular formula is C18H24N2O3S. The quantitative estimate of drug-likeness (QED) is 0.858. The Bertz CT molecular complexity index is 636. The first-order chi connectivity index (χ1) is 11.5. The fourth-order valence-corrected chi connectivity index (χ4v) is 4.59. The van der Waals surface area contributed by atoms with Crippen LogP contribution in [-0.2, 0) is 17.1 Å². The van der Waals surface area contributed by atoms with Crippen LogP contribution in [0.1, 0.15) is 30.4 Å². The maximum Gasteiger partial charge on any atom is 0.317 e. The lowest BCUT2D eigenvalue weighted by molar-refractivity contribution is -0.149. The van der Waals surface area contributed by atoms with Crippen LogP contribution in [0.2, 0.25) is 0 Å². The molecule has 0 unspecified atom stereocenters. The van der Waals surface area contributed by atoms with Gasteiger partial charge in [0.2, 0.25) is 0 Å². The molecule has 5 nitrogen and oxygen atoms in total. The van der Waals surface area contributed by atoms with Crippen molar-refractivity contribution < 1.29 is 14.7 Å². The number of amides is 2. The molecule has 1 saturated carbocycles. The van der Waals surface area contributed by atoms with Gasteiger partial charge in [-0.1, -0.05) is 30.7 Å². The van der Waals surface area contributed by atoms with Gasteiger partial charge in [0.1, 0.15) is 0 Å². The summed E-state index contributed by atoms with van der Waals surface area (Å²) in [5.41, 5.74) is 1.60. The second-order valence-corrected chi connectivity index (χ2v) is 7.71. The topological polar surface area (TPSA) is 69.6 Å². The zero-order chi connectivity index (χ0) is 17.2. The molecule has 24 heavy (non-hydrogen) atoms. The van der Waals surface area contributed by atoms with Crippen molar-refractivity contribution in [3.8, 4) is 0 Å². The van der Waals surface area contributed by atoms with Crippen molar-refractivity contribution in [2.45, 2.75) is 31.6 Å². The number of carboxylic acid groups (broad SMARTS) is 1. The number of likely N-dealkylation sites (tertiary alicyclic amines) is 1. The van der Waals surface area contributed by atoms with Crippen molar-refractivity contribution in [1.29, 1.82) is 0 Å². The number of hydrogen-bond donors (Lipinski definition) is 2. The molecular weight excluding hydrogens is 324 g/mol. The lowest BCUT2D eigenvalue weighted by atomic mass is 9.81. The van der Waals surface area contributed by atoms with Crippen molar-refractivity contribution in [1.82, 2.24) is 10.2 Å². The molecule has 2 atom stereocenters. The van der Waals surface area contributed by atoms with E-state index in [1.165, 1.54) is 5.56 Å². The first kappa shape index (κ1) is 17.1.